The Kier molecular flexibility index (Phi) is 4.00. The fourth-order valence-corrected chi connectivity index (χ4v) is 5.10. The smallest absolute Gasteiger partial charge is 0.232 e. The molecule has 24 heavy (non-hydrogen) atoms. The molecule has 0 fully saturated rings. The largest absolute Gasteiger partial charge is 0.375 e. The van der Waals surface area contributed by atoms with Crippen LogP contribution in [0, 0.1) is 5.41 Å². The molecule has 2 atom stereocenters. The molecule has 0 amide bonds. The number of hydrogen-bond donors (Lipinski definition) is 0. The molecule has 2 aromatic rings. The van der Waals surface area contributed by atoms with Gasteiger partial charge in [-0.15, -0.1) is 0 Å². The number of benzene rings is 1. The van der Waals surface area contributed by atoms with E-state index in [1.165, 1.54) is 36.6 Å². The van der Waals surface area contributed by atoms with Gasteiger partial charge in [-0.2, -0.15) is 0 Å². The van der Waals surface area contributed by atoms with Gasteiger partial charge in [0.15, 0.2) is 0 Å². The van der Waals surface area contributed by atoms with Crippen LogP contribution < -0.4 is 0 Å². The maximum absolute atomic E-state index is 13.2. The van der Waals surface area contributed by atoms with Crippen molar-refractivity contribution in [2.45, 2.75) is 64.4 Å². The lowest BCUT2D eigenvalue weighted by atomic mass is 9.68. The average Bonchev–Trinajstić information content (AvgIpc) is 2.93. The maximum Gasteiger partial charge on any atom is 0.232 e. The zero-order valence-electron chi connectivity index (χ0n) is 14.8. The number of rotatable bonds is 2. The number of hydrogen-bond acceptors (Lipinski definition) is 2. The summed E-state index contributed by atoms with van der Waals surface area (Å²) in [5, 5.41) is 1.25. The van der Waals surface area contributed by atoms with Gasteiger partial charge in [0.1, 0.15) is 6.10 Å². The van der Waals surface area contributed by atoms with E-state index in [2.05, 4.69) is 25.1 Å². The topological polar surface area (TPSA) is 31.2 Å². The van der Waals surface area contributed by atoms with Crippen LogP contribution in [-0.2, 0) is 11.2 Å². The summed E-state index contributed by atoms with van der Waals surface area (Å²) in [6.07, 6.45) is 8.72. The van der Waals surface area contributed by atoms with Crippen LogP contribution in [0.15, 0.2) is 24.3 Å². The second kappa shape index (κ2) is 6.03. The van der Waals surface area contributed by atoms with Gasteiger partial charge in [-0.25, -0.2) is 0 Å². The SMILES string of the molecule is CC[C@]12CCCCCCc3c(n(c4ccccc34)C(=O)C1)C2OC. The summed E-state index contributed by atoms with van der Waals surface area (Å²) in [5.41, 5.74) is 3.53. The highest BCUT2D eigenvalue weighted by atomic mass is 16.5. The lowest BCUT2D eigenvalue weighted by molar-refractivity contribution is -0.0414. The number of carbonyl (C=O) groups excluding carboxylic acids is 1. The highest BCUT2D eigenvalue weighted by molar-refractivity contribution is 5.97. The molecule has 0 saturated heterocycles. The van der Waals surface area contributed by atoms with E-state index in [1.807, 2.05) is 17.7 Å². The van der Waals surface area contributed by atoms with Gasteiger partial charge in [-0.3, -0.25) is 9.36 Å². The molecular formula is C21H27NO2. The van der Waals surface area contributed by atoms with E-state index in [0.29, 0.717) is 6.42 Å². The molecule has 128 valence electrons. The number of para-hydroxylation sites is 1. The summed E-state index contributed by atoms with van der Waals surface area (Å²) in [6, 6.07) is 8.39. The minimum Gasteiger partial charge on any atom is -0.375 e. The second-order valence-corrected chi connectivity index (χ2v) is 7.53. The Hall–Kier alpha value is -1.61. The number of methoxy groups -OCH3 is 1. The highest BCUT2D eigenvalue weighted by Crippen LogP contribution is 2.53. The molecule has 0 spiro atoms. The third-order valence-corrected chi connectivity index (χ3v) is 6.37. The number of carbonyl (C=O) groups is 1. The van der Waals surface area contributed by atoms with Crippen molar-refractivity contribution in [2.24, 2.45) is 5.41 Å². The molecule has 2 bridgehead atoms. The minimum atomic E-state index is -0.0394. The van der Waals surface area contributed by atoms with Crippen molar-refractivity contribution < 1.29 is 9.53 Å². The van der Waals surface area contributed by atoms with E-state index >= 15 is 0 Å². The first-order chi connectivity index (χ1) is 11.7. The van der Waals surface area contributed by atoms with E-state index in [-0.39, 0.29) is 17.4 Å². The number of ether oxygens (including phenoxy) is 1. The van der Waals surface area contributed by atoms with E-state index in [0.717, 1.165) is 30.5 Å². The zero-order chi connectivity index (χ0) is 16.7. The summed E-state index contributed by atoms with van der Waals surface area (Å²) in [6.45, 7) is 2.23. The van der Waals surface area contributed by atoms with Crippen LogP contribution in [0.4, 0.5) is 0 Å². The Morgan fingerprint density at radius 3 is 2.79 bits per heavy atom. The standard InChI is InChI=1S/C21H27NO2/c1-3-21-13-9-5-4-6-11-16-15-10-7-8-12-17(15)22(18(23)14-21)19(16)20(21)24-2/h7-8,10,12,20H,3-6,9,11,13-14H2,1-2H3/t20?,21-/m0/s1. The monoisotopic (exact) mass is 325 g/mol. The predicted octanol–water partition coefficient (Wildman–Crippen LogP) is 5.28. The number of aromatic nitrogens is 1. The molecule has 0 N–H and O–H groups in total. The average molecular weight is 325 g/mol. The van der Waals surface area contributed by atoms with Gasteiger partial charge in [0.2, 0.25) is 5.91 Å². The third-order valence-electron chi connectivity index (χ3n) is 6.37. The van der Waals surface area contributed by atoms with Crippen LogP contribution in [0.5, 0.6) is 0 Å². The molecule has 2 heterocycles. The molecule has 0 radical (unpaired) electrons. The number of fused-ring (bicyclic) bond motifs is 4. The van der Waals surface area contributed by atoms with Crippen molar-refractivity contribution in [3.63, 3.8) is 0 Å². The Morgan fingerprint density at radius 1 is 1.21 bits per heavy atom. The zero-order valence-corrected chi connectivity index (χ0v) is 14.8. The van der Waals surface area contributed by atoms with Crippen molar-refractivity contribution in [1.29, 1.82) is 0 Å². The first kappa shape index (κ1) is 15.9. The molecule has 0 saturated carbocycles. The first-order valence-corrected chi connectivity index (χ1v) is 9.40. The molecule has 1 aliphatic heterocycles. The van der Waals surface area contributed by atoms with Gasteiger partial charge in [0.25, 0.3) is 0 Å². The molecule has 4 rings (SSSR count). The van der Waals surface area contributed by atoms with E-state index < -0.39 is 0 Å². The quantitative estimate of drug-likeness (QED) is 0.752. The molecule has 1 aromatic carbocycles. The van der Waals surface area contributed by atoms with Gasteiger partial charge in [-0.1, -0.05) is 44.4 Å². The van der Waals surface area contributed by atoms with Crippen LogP contribution >= 0.6 is 0 Å². The van der Waals surface area contributed by atoms with Crippen molar-refractivity contribution in [1.82, 2.24) is 4.57 Å². The molecular weight excluding hydrogens is 298 g/mol. The Balaban J connectivity index is 2.04. The Labute approximate surface area is 144 Å². The second-order valence-electron chi connectivity index (χ2n) is 7.53. The van der Waals surface area contributed by atoms with Gasteiger partial charge >= 0.3 is 0 Å². The van der Waals surface area contributed by atoms with E-state index in [1.54, 1.807) is 0 Å². The van der Waals surface area contributed by atoms with Crippen LogP contribution in [0.25, 0.3) is 10.9 Å². The van der Waals surface area contributed by atoms with Gasteiger partial charge in [0, 0.05) is 24.3 Å². The van der Waals surface area contributed by atoms with E-state index in [9.17, 15) is 4.79 Å². The molecule has 3 nitrogen and oxygen atoms in total. The fourth-order valence-electron chi connectivity index (χ4n) is 5.10. The maximum atomic E-state index is 13.2. The Morgan fingerprint density at radius 2 is 2.00 bits per heavy atom. The number of nitrogens with zero attached hydrogens (tertiary/aromatic N) is 1. The molecule has 1 aromatic heterocycles. The first-order valence-electron chi connectivity index (χ1n) is 9.40. The number of aryl methyl sites for hydroxylation is 1. The van der Waals surface area contributed by atoms with Crippen molar-refractivity contribution in [3.8, 4) is 0 Å². The van der Waals surface area contributed by atoms with Crippen molar-refractivity contribution in [3.05, 3.63) is 35.5 Å². The van der Waals surface area contributed by atoms with Crippen LogP contribution in [-0.4, -0.2) is 17.6 Å². The van der Waals surface area contributed by atoms with Crippen molar-refractivity contribution in [2.75, 3.05) is 7.11 Å². The third kappa shape index (κ3) is 2.17. The van der Waals surface area contributed by atoms with Gasteiger partial charge < -0.3 is 4.74 Å². The molecule has 3 heteroatoms. The fraction of sp³-hybridized carbons (Fsp3) is 0.571. The molecule has 1 aliphatic carbocycles. The van der Waals surface area contributed by atoms with Gasteiger partial charge in [0.05, 0.1) is 11.2 Å². The predicted molar refractivity (Wildman–Crippen MR) is 96.4 cm³/mol. The van der Waals surface area contributed by atoms with Crippen LogP contribution in [0.3, 0.4) is 0 Å². The molecule has 2 aliphatic rings. The van der Waals surface area contributed by atoms with Crippen LogP contribution in [0.1, 0.15) is 74.0 Å². The lowest BCUT2D eigenvalue weighted by Crippen LogP contribution is -2.41. The Bertz CT molecular complexity index is 775. The molecule has 1 unspecified atom stereocenters. The normalized spacial score (nSPS) is 27.4. The summed E-state index contributed by atoms with van der Waals surface area (Å²) < 4.78 is 8.07. The van der Waals surface area contributed by atoms with Crippen molar-refractivity contribution >= 4 is 16.8 Å². The van der Waals surface area contributed by atoms with Crippen LogP contribution in [0.2, 0.25) is 0 Å². The van der Waals surface area contributed by atoms with Gasteiger partial charge in [-0.05, 0) is 37.3 Å². The summed E-state index contributed by atoms with van der Waals surface area (Å²) in [7, 11) is 1.82. The summed E-state index contributed by atoms with van der Waals surface area (Å²) in [4.78, 5) is 13.2. The summed E-state index contributed by atoms with van der Waals surface area (Å²) in [5.74, 6) is 0.253. The van der Waals surface area contributed by atoms with E-state index in [4.69, 9.17) is 4.74 Å². The summed E-state index contributed by atoms with van der Waals surface area (Å²) >= 11 is 0. The minimum absolute atomic E-state index is 0.0284. The lowest BCUT2D eigenvalue weighted by Gasteiger charge is -2.43. The highest BCUT2D eigenvalue weighted by Gasteiger charge is 2.47.